The van der Waals surface area contributed by atoms with Gasteiger partial charge in [-0.3, -0.25) is 4.79 Å². The Balaban J connectivity index is 1.40. The van der Waals surface area contributed by atoms with Gasteiger partial charge in [0.15, 0.2) is 6.61 Å². The van der Waals surface area contributed by atoms with E-state index in [1.54, 1.807) is 17.4 Å². The first-order chi connectivity index (χ1) is 13.1. The number of amides is 1. The number of hydrogen-bond acceptors (Lipinski definition) is 4. The lowest BCUT2D eigenvalue weighted by Crippen LogP contribution is -2.28. The number of fused-ring (bicyclic) bond motifs is 3. The Hall–Kier alpha value is -2.60. The van der Waals surface area contributed by atoms with E-state index in [0.29, 0.717) is 18.0 Å². The molecule has 2 N–H and O–H groups in total. The molecule has 0 spiro atoms. The molecule has 0 radical (unpaired) electrons. The monoisotopic (exact) mass is 382 g/mol. The lowest BCUT2D eigenvalue weighted by atomic mass is 9.87. The van der Waals surface area contributed by atoms with Crippen LogP contribution in [-0.2, 0) is 28.9 Å². The second kappa shape index (κ2) is 7.56. The minimum atomic E-state index is -0.470. The summed E-state index contributed by atoms with van der Waals surface area (Å²) in [5, 5.41) is 5.80. The second-order valence-electron chi connectivity index (χ2n) is 7.12. The van der Waals surface area contributed by atoms with Gasteiger partial charge in [0.2, 0.25) is 0 Å². The molecule has 0 bridgehead atoms. The minimum absolute atomic E-state index is 0.273. The zero-order valence-electron chi connectivity index (χ0n) is 15.2. The van der Waals surface area contributed by atoms with Gasteiger partial charge in [-0.25, -0.2) is 4.79 Å². The number of benzene rings is 1. The summed E-state index contributed by atoms with van der Waals surface area (Å²) in [5.74, 6) is -0.119. The van der Waals surface area contributed by atoms with Gasteiger partial charge in [0.25, 0.3) is 5.91 Å². The van der Waals surface area contributed by atoms with Gasteiger partial charge in [-0.05, 0) is 60.4 Å². The van der Waals surface area contributed by atoms with Crippen molar-refractivity contribution < 1.29 is 14.3 Å². The maximum Gasteiger partial charge on any atom is 0.338 e. The number of nitrogens with one attached hydrogen (secondary N) is 2. The highest BCUT2D eigenvalue weighted by molar-refractivity contribution is 7.09. The normalized spacial score (nSPS) is 16.1. The molecule has 0 fully saturated rings. The molecule has 0 saturated carbocycles. The molecule has 27 heavy (non-hydrogen) atoms. The first-order valence-corrected chi connectivity index (χ1v) is 10.1. The number of aryl methyl sites for hydroxylation is 1. The molecular formula is C21H22N2O3S. The Kier molecular flexibility index (Phi) is 4.99. The number of H-pyrrole nitrogens is 1. The highest BCUT2D eigenvalue weighted by atomic mass is 32.1. The zero-order chi connectivity index (χ0) is 18.8. The molecule has 2 heterocycles. The topological polar surface area (TPSA) is 71.2 Å². The molecule has 1 aliphatic carbocycles. The summed E-state index contributed by atoms with van der Waals surface area (Å²) in [6.07, 6.45) is 3.27. The summed E-state index contributed by atoms with van der Waals surface area (Å²) in [7, 11) is 0. The molecule has 140 valence electrons. The molecule has 5 nitrogen and oxygen atoms in total. The van der Waals surface area contributed by atoms with Crippen molar-refractivity contribution in [3.05, 3.63) is 57.4 Å². The molecule has 1 aliphatic rings. The van der Waals surface area contributed by atoms with E-state index < -0.39 is 5.97 Å². The Labute approximate surface area is 161 Å². The van der Waals surface area contributed by atoms with E-state index in [-0.39, 0.29) is 12.5 Å². The summed E-state index contributed by atoms with van der Waals surface area (Å²) < 4.78 is 5.19. The van der Waals surface area contributed by atoms with Gasteiger partial charge in [-0.2, -0.15) is 0 Å². The predicted octanol–water partition coefficient (Wildman–Crippen LogP) is 3.83. The number of aromatic nitrogens is 1. The summed E-state index contributed by atoms with van der Waals surface area (Å²) in [6.45, 7) is 2.44. The molecule has 0 saturated heterocycles. The van der Waals surface area contributed by atoms with Crippen molar-refractivity contribution in [1.82, 2.24) is 10.3 Å². The number of carbonyl (C=O) groups is 2. The number of aromatic amines is 1. The van der Waals surface area contributed by atoms with Crippen LogP contribution < -0.4 is 5.32 Å². The van der Waals surface area contributed by atoms with Crippen LogP contribution in [0.5, 0.6) is 0 Å². The molecule has 0 aliphatic heterocycles. The molecule has 4 rings (SSSR count). The van der Waals surface area contributed by atoms with Gasteiger partial charge in [0, 0.05) is 21.5 Å². The summed E-state index contributed by atoms with van der Waals surface area (Å²) >= 11 is 1.57. The molecule has 1 atom stereocenters. The summed E-state index contributed by atoms with van der Waals surface area (Å²) in [6, 6.07) is 9.44. The van der Waals surface area contributed by atoms with Crippen molar-refractivity contribution in [1.29, 1.82) is 0 Å². The first-order valence-electron chi connectivity index (χ1n) is 9.20. The van der Waals surface area contributed by atoms with E-state index in [2.05, 4.69) is 17.2 Å². The highest BCUT2D eigenvalue weighted by Crippen LogP contribution is 2.32. The highest BCUT2D eigenvalue weighted by Gasteiger charge is 2.21. The minimum Gasteiger partial charge on any atom is -0.452 e. The Morgan fingerprint density at radius 1 is 1.33 bits per heavy atom. The molecule has 0 unspecified atom stereocenters. The van der Waals surface area contributed by atoms with Gasteiger partial charge >= 0.3 is 5.97 Å². The smallest absolute Gasteiger partial charge is 0.338 e. The van der Waals surface area contributed by atoms with Gasteiger partial charge in [0.05, 0.1) is 12.1 Å². The van der Waals surface area contributed by atoms with Crippen LogP contribution in [0.1, 0.15) is 39.8 Å². The quantitative estimate of drug-likeness (QED) is 0.659. The third-order valence-electron chi connectivity index (χ3n) is 5.04. The Morgan fingerprint density at radius 3 is 3.04 bits per heavy atom. The Morgan fingerprint density at radius 2 is 2.22 bits per heavy atom. The zero-order valence-corrected chi connectivity index (χ0v) is 16.0. The fourth-order valence-corrected chi connectivity index (χ4v) is 4.23. The van der Waals surface area contributed by atoms with Crippen LogP contribution in [0.2, 0.25) is 0 Å². The van der Waals surface area contributed by atoms with E-state index >= 15 is 0 Å². The van der Waals surface area contributed by atoms with E-state index in [0.717, 1.165) is 28.6 Å². The lowest BCUT2D eigenvalue weighted by Gasteiger charge is -2.18. The number of hydrogen-bond donors (Lipinski definition) is 2. The van der Waals surface area contributed by atoms with E-state index in [1.807, 2.05) is 29.6 Å². The van der Waals surface area contributed by atoms with Crippen molar-refractivity contribution in [2.75, 3.05) is 6.61 Å². The molecule has 6 heteroatoms. The average Bonchev–Trinajstić information content (AvgIpc) is 3.31. The van der Waals surface area contributed by atoms with Crippen LogP contribution in [-0.4, -0.2) is 23.5 Å². The maximum absolute atomic E-state index is 12.4. The van der Waals surface area contributed by atoms with Gasteiger partial charge in [-0.1, -0.05) is 13.0 Å². The molecule has 1 amide bonds. The van der Waals surface area contributed by atoms with E-state index in [9.17, 15) is 9.59 Å². The van der Waals surface area contributed by atoms with Crippen LogP contribution in [0.4, 0.5) is 0 Å². The summed E-state index contributed by atoms with van der Waals surface area (Å²) in [5.41, 5.74) is 4.13. The standard InChI is InChI=1S/C21H22N2O3S/c1-13-4-6-18-16(9-13)17-10-14(5-7-19(17)23-18)21(25)26-12-20(24)22-11-15-3-2-8-27-15/h2-3,5,7-8,10,13,23H,4,6,9,11-12H2,1H3,(H,22,24)/t13-/m1/s1. The molecule has 2 aromatic heterocycles. The molecule has 1 aromatic carbocycles. The van der Waals surface area contributed by atoms with Gasteiger partial charge in [-0.15, -0.1) is 11.3 Å². The number of ether oxygens (including phenoxy) is 1. The van der Waals surface area contributed by atoms with Gasteiger partial charge in [0.1, 0.15) is 0 Å². The Bertz CT molecular complexity index is 975. The van der Waals surface area contributed by atoms with Crippen molar-refractivity contribution in [2.45, 2.75) is 32.7 Å². The largest absolute Gasteiger partial charge is 0.452 e. The van der Waals surface area contributed by atoms with Crippen molar-refractivity contribution in [2.24, 2.45) is 5.92 Å². The van der Waals surface area contributed by atoms with Crippen LogP contribution in [0.15, 0.2) is 35.7 Å². The lowest BCUT2D eigenvalue weighted by molar-refractivity contribution is -0.124. The van der Waals surface area contributed by atoms with Gasteiger partial charge < -0.3 is 15.0 Å². The van der Waals surface area contributed by atoms with Crippen LogP contribution in [0.3, 0.4) is 0 Å². The fraction of sp³-hybridized carbons (Fsp3) is 0.333. The van der Waals surface area contributed by atoms with Crippen molar-refractivity contribution in [3.63, 3.8) is 0 Å². The maximum atomic E-state index is 12.4. The van der Waals surface area contributed by atoms with E-state index in [4.69, 9.17) is 4.74 Å². The number of esters is 1. The van der Waals surface area contributed by atoms with Crippen LogP contribution in [0.25, 0.3) is 10.9 Å². The fourth-order valence-electron chi connectivity index (χ4n) is 3.58. The number of thiophene rings is 1. The second-order valence-corrected chi connectivity index (χ2v) is 8.15. The third kappa shape index (κ3) is 3.90. The SMILES string of the molecule is C[C@@H]1CCc2[nH]c3ccc(C(=O)OCC(=O)NCc4cccs4)cc3c2C1. The average molecular weight is 382 g/mol. The first kappa shape index (κ1) is 17.8. The summed E-state index contributed by atoms with van der Waals surface area (Å²) in [4.78, 5) is 28.8. The van der Waals surface area contributed by atoms with Crippen molar-refractivity contribution >= 4 is 34.1 Å². The number of rotatable bonds is 5. The predicted molar refractivity (Wildman–Crippen MR) is 106 cm³/mol. The number of carbonyl (C=O) groups excluding carboxylic acids is 2. The molecule has 3 aromatic rings. The van der Waals surface area contributed by atoms with Crippen LogP contribution in [0, 0.1) is 5.92 Å². The third-order valence-corrected chi connectivity index (χ3v) is 5.92. The molecular weight excluding hydrogens is 360 g/mol. The van der Waals surface area contributed by atoms with Crippen molar-refractivity contribution in [3.8, 4) is 0 Å². The van der Waals surface area contributed by atoms with Crippen LogP contribution >= 0.6 is 11.3 Å². The van der Waals surface area contributed by atoms with E-state index in [1.165, 1.54) is 17.7 Å².